The molecule has 2 rings (SSSR count). The van der Waals surface area contributed by atoms with Crippen molar-refractivity contribution in [2.75, 3.05) is 19.7 Å². The highest BCUT2D eigenvalue weighted by atomic mass is 16.5. The van der Waals surface area contributed by atoms with Gasteiger partial charge < -0.3 is 15.0 Å². The lowest BCUT2D eigenvalue weighted by molar-refractivity contribution is -0.152. The van der Waals surface area contributed by atoms with E-state index in [9.17, 15) is 14.4 Å². The van der Waals surface area contributed by atoms with Crippen molar-refractivity contribution in [1.82, 2.24) is 10.2 Å². The number of nitrogens with zero attached hydrogens (tertiary/aromatic N) is 1. The Morgan fingerprint density at radius 3 is 2.42 bits per heavy atom. The van der Waals surface area contributed by atoms with Crippen LogP contribution in [0.2, 0.25) is 0 Å². The van der Waals surface area contributed by atoms with Gasteiger partial charge in [0.15, 0.2) is 0 Å². The lowest BCUT2D eigenvalue weighted by Gasteiger charge is -2.30. The topological polar surface area (TPSA) is 75.7 Å². The molecule has 6 heteroatoms. The van der Waals surface area contributed by atoms with Crippen LogP contribution >= 0.6 is 0 Å². The quantitative estimate of drug-likeness (QED) is 0.672. The van der Waals surface area contributed by atoms with Crippen LogP contribution in [0, 0.1) is 5.92 Å². The number of esters is 1. The van der Waals surface area contributed by atoms with Crippen LogP contribution in [-0.2, 0) is 19.1 Å². The Morgan fingerprint density at radius 2 is 1.83 bits per heavy atom. The Labute approximate surface area is 142 Å². The standard InChI is InChI=1S/C18H24N2O4/c1-3-24-18(23)15-9-11-20(12-10-15)17(22)16(21)19-13(2)14-7-5-4-6-8-14/h4-8,13,15H,3,9-12H2,1-2H3,(H,19,21). The van der Waals surface area contributed by atoms with E-state index in [4.69, 9.17) is 4.74 Å². The van der Waals surface area contributed by atoms with Gasteiger partial charge in [0.2, 0.25) is 0 Å². The first-order valence-electron chi connectivity index (χ1n) is 8.34. The number of benzene rings is 1. The third-order valence-electron chi connectivity index (χ3n) is 4.24. The molecule has 1 aromatic carbocycles. The number of rotatable bonds is 4. The molecule has 1 aromatic rings. The Kier molecular flexibility index (Phi) is 6.35. The van der Waals surface area contributed by atoms with Crippen LogP contribution in [0.4, 0.5) is 0 Å². The molecule has 1 unspecified atom stereocenters. The summed E-state index contributed by atoms with van der Waals surface area (Å²) in [4.78, 5) is 37.6. The van der Waals surface area contributed by atoms with E-state index in [1.54, 1.807) is 6.92 Å². The Balaban J connectivity index is 1.84. The van der Waals surface area contributed by atoms with Gasteiger partial charge in [-0.05, 0) is 32.3 Å². The normalized spacial score (nSPS) is 16.3. The van der Waals surface area contributed by atoms with Gasteiger partial charge in [-0.1, -0.05) is 30.3 Å². The summed E-state index contributed by atoms with van der Waals surface area (Å²) in [6.07, 6.45) is 1.07. The second kappa shape index (κ2) is 8.47. The number of carbonyl (C=O) groups excluding carboxylic acids is 3. The predicted molar refractivity (Wildman–Crippen MR) is 88.9 cm³/mol. The second-order valence-corrected chi connectivity index (χ2v) is 5.92. The average Bonchev–Trinajstić information content (AvgIpc) is 2.62. The zero-order valence-electron chi connectivity index (χ0n) is 14.2. The Morgan fingerprint density at radius 1 is 1.21 bits per heavy atom. The lowest BCUT2D eigenvalue weighted by atomic mass is 9.97. The molecule has 0 spiro atoms. The van der Waals surface area contributed by atoms with Gasteiger partial charge in [0, 0.05) is 13.1 Å². The molecule has 1 aliphatic rings. The number of hydrogen-bond acceptors (Lipinski definition) is 4. The van der Waals surface area contributed by atoms with E-state index < -0.39 is 11.8 Å². The van der Waals surface area contributed by atoms with Gasteiger partial charge in [0.1, 0.15) is 0 Å². The molecule has 0 bridgehead atoms. The van der Waals surface area contributed by atoms with E-state index >= 15 is 0 Å². The Bertz CT molecular complexity index is 580. The first-order valence-corrected chi connectivity index (χ1v) is 8.34. The van der Waals surface area contributed by atoms with Crippen molar-refractivity contribution in [3.63, 3.8) is 0 Å². The zero-order valence-corrected chi connectivity index (χ0v) is 14.2. The summed E-state index contributed by atoms with van der Waals surface area (Å²) in [6, 6.07) is 9.25. The molecule has 24 heavy (non-hydrogen) atoms. The fourth-order valence-corrected chi connectivity index (χ4v) is 2.81. The molecular formula is C18H24N2O4. The summed E-state index contributed by atoms with van der Waals surface area (Å²) < 4.78 is 5.00. The van der Waals surface area contributed by atoms with Gasteiger partial charge >= 0.3 is 17.8 Å². The minimum absolute atomic E-state index is 0.180. The molecule has 6 nitrogen and oxygen atoms in total. The van der Waals surface area contributed by atoms with Crippen LogP contribution in [-0.4, -0.2) is 42.4 Å². The molecule has 0 aromatic heterocycles. The van der Waals surface area contributed by atoms with Gasteiger partial charge in [-0.15, -0.1) is 0 Å². The van der Waals surface area contributed by atoms with E-state index in [0.29, 0.717) is 32.5 Å². The van der Waals surface area contributed by atoms with Crippen LogP contribution in [0.25, 0.3) is 0 Å². The molecule has 2 amide bonds. The van der Waals surface area contributed by atoms with Crippen LogP contribution in [0.5, 0.6) is 0 Å². The van der Waals surface area contributed by atoms with Crippen molar-refractivity contribution >= 4 is 17.8 Å². The summed E-state index contributed by atoms with van der Waals surface area (Å²) >= 11 is 0. The molecule has 1 heterocycles. The summed E-state index contributed by atoms with van der Waals surface area (Å²) in [5, 5.41) is 2.73. The number of ether oxygens (including phenoxy) is 1. The summed E-state index contributed by atoms with van der Waals surface area (Å²) in [5.41, 5.74) is 0.944. The monoisotopic (exact) mass is 332 g/mol. The van der Waals surface area contributed by atoms with E-state index in [2.05, 4.69) is 5.32 Å². The van der Waals surface area contributed by atoms with Gasteiger partial charge in [0.25, 0.3) is 0 Å². The SMILES string of the molecule is CCOC(=O)C1CCN(C(=O)C(=O)NC(C)c2ccccc2)CC1. The van der Waals surface area contributed by atoms with E-state index in [1.807, 2.05) is 37.3 Å². The first-order chi connectivity index (χ1) is 11.5. The maximum atomic E-state index is 12.3. The van der Waals surface area contributed by atoms with Gasteiger partial charge in [0.05, 0.1) is 18.6 Å². The van der Waals surface area contributed by atoms with Crippen molar-refractivity contribution in [2.45, 2.75) is 32.7 Å². The molecule has 1 fully saturated rings. The van der Waals surface area contributed by atoms with Crippen molar-refractivity contribution in [1.29, 1.82) is 0 Å². The van der Waals surface area contributed by atoms with Gasteiger partial charge in [-0.25, -0.2) is 0 Å². The molecule has 0 aliphatic carbocycles. The van der Waals surface area contributed by atoms with Crippen LogP contribution in [0.15, 0.2) is 30.3 Å². The van der Waals surface area contributed by atoms with Crippen LogP contribution in [0.3, 0.4) is 0 Å². The number of piperidine rings is 1. The van der Waals surface area contributed by atoms with Gasteiger partial charge in [-0.2, -0.15) is 0 Å². The summed E-state index contributed by atoms with van der Waals surface area (Å²) in [7, 11) is 0. The second-order valence-electron chi connectivity index (χ2n) is 5.92. The van der Waals surface area contributed by atoms with Crippen molar-refractivity contribution in [3.05, 3.63) is 35.9 Å². The van der Waals surface area contributed by atoms with E-state index in [1.165, 1.54) is 4.90 Å². The van der Waals surface area contributed by atoms with Gasteiger partial charge in [-0.3, -0.25) is 14.4 Å². The number of amides is 2. The van der Waals surface area contributed by atoms with Crippen LogP contribution in [0.1, 0.15) is 38.3 Å². The Hall–Kier alpha value is -2.37. The molecular weight excluding hydrogens is 308 g/mol. The maximum absolute atomic E-state index is 12.3. The maximum Gasteiger partial charge on any atom is 0.311 e. The largest absolute Gasteiger partial charge is 0.466 e. The van der Waals surface area contributed by atoms with Crippen molar-refractivity contribution in [2.24, 2.45) is 5.92 Å². The highest BCUT2D eigenvalue weighted by Crippen LogP contribution is 2.19. The smallest absolute Gasteiger partial charge is 0.311 e. The summed E-state index contributed by atoms with van der Waals surface area (Å²) in [5.74, 6) is -1.55. The molecule has 0 radical (unpaired) electrons. The molecule has 1 aliphatic heterocycles. The van der Waals surface area contributed by atoms with E-state index in [-0.39, 0.29) is 17.9 Å². The number of carbonyl (C=O) groups is 3. The van der Waals surface area contributed by atoms with Crippen molar-refractivity contribution < 1.29 is 19.1 Å². The summed E-state index contributed by atoms with van der Waals surface area (Å²) in [6.45, 7) is 4.77. The lowest BCUT2D eigenvalue weighted by Crippen LogP contribution is -2.47. The number of likely N-dealkylation sites (tertiary alicyclic amines) is 1. The van der Waals surface area contributed by atoms with Crippen LogP contribution < -0.4 is 5.32 Å². The van der Waals surface area contributed by atoms with E-state index in [0.717, 1.165) is 5.56 Å². The predicted octanol–water partition coefficient (Wildman–Crippen LogP) is 1.67. The zero-order chi connectivity index (χ0) is 17.5. The average molecular weight is 332 g/mol. The molecule has 1 saturated heterocycles. The minimum atomic E-state index is -0.610. The van der Waals surface area contributed by atoms with Crippen molar-refractivity contribution in [3.8, 4) is 0 Å². The number of nitrogens with one attached hydrogen (secondary N) is 1. The fourth-order valence-electron chi connectivity index (χ4n) is 2.81. The first kappa shape index (κ1) is 18.0. The fraction of sp³-hybridized carbons (Fsp3) is 0.500. The molecule has 1 atom stereocenters. The minimum Gasteiger partial charge on any atom is -0.466 e. The third-order valence-corrected chi connectivity index (χ3v) is 4.24. The molecule has 0 saturated carbocycles. The highest BCUT2D eigenvalue weighted by molar-refractivity contribution is 6.35. The highest BCUT2D eigenvalue weighted by Gasteiger charge is 2.31. The number of hydrogen-bond donors (Lipinski definition) is 1. The third kappa shape index (κ3) is 4.57. The molecule has 1 N–H and O–H groups in total. The molecule has 130 valence electrons.